The normalized spacial score (nSPS) is 21.3. The van der Waals surface area contributed by atoms with E-state index in [1.165, 1.54) is 25.7 Å². The van der Waals surface area contributed by atoms with E-state index in [9.17, 15) is 4.79 Å². The number of hydrogen-bond donors (Lipinski definition) is 0. The fourth-order valence-corrected chi connectivity index (χ4v) is 3.28. The van der Waals surface area contributed by atoms with Gasteiger partial charge >= 0.3 is 0 Å². The van der Waals surface area contributed by atoms with Gasteiger partial charge in [0.05, 0.1) is 13.7 Å². The maximum Gasteiger partial charge on any atom is 0.236 e. The van der Waals surface area contributed by atoms with E-state index in [1.54, 1.807) is 12.0 Å². The van der Waals surface area contributed by atoms with Crippen LogP contribution in [0.5, 0.6) is 5.75 Å². The lowest BCUT2D eigenvalue weighted by molar-refractivity contribution is -0.132. The predicted molar refractivity (Wildman–Crippen MR) is 93.5 cm³/mol. The topological polar surface area (TPSA) is 32.8 Å². The highest BCUT2D eigenvalue weighted by Crippen LogP contribution is 2.26. The van der Waals surface area contributed by atoms with Crippen LogP contribution < -0.4 is 4.74 Å². The Morgan fingerprint density at radius 1 is 1.22 bits per heavy atom. The lowest BCUT2D eigenvalue weighted by Gasteiger charge is -2.34. The number of amides is 1. The second-order valence-electron chi connectivity index (χ2n) is 6.93. The number of hydrogen-bond acceptors (Lipinski definition) is 3. The maximum absolute atomic E-state index is 12.5. The zero-order valence-electron chi connectivity index (χ0n) is 14.9. The molecule has 128 valence electrons. The maximum atomic E-state index is 12.5. The molecule has 0 saturated heterocycles. The minimum Gasteiger partial charge on any atom is -0.497 e. The molecule has 1 aromatic carbocycles. The Hall–Kier alpha value is -1.55. The van der Waals surface area contributed by atoms with Crippen LogP contribution >= 0.6 is 0 Å². The summed E-state index contributed by atoms with van der Waals surface area (Å²) < 4.78 is 5.24. The van der Waals surface area contributed by atoms with Gasteiger partial charge in [-0.2, -0.15) is 0 Å². The summed E-state index contributed by atoms with van der Waals surface area (Å²) in [7, 11) is 5.62. The summed E-state index contributed by atoms with van der Waals surface area (Å²) in [5, 5.41) is 0. The number of carbonyl (C=O) groups excluding carboxylic acids is 1. The molecule has 2 rings (SSSR count). The number of methoxy groups -OCH3 is 1. The molecule has 1 saturated carbocycles. The van der Waals surface area contributed by atoms with Gasteiger partial charge in [-0.05, 0) is 56.3 Å². The van der Waals surface area contributed by atoms with Crippen molar-refractivity contribution in [3.63, 3.8) is 0 Å². The molecule has 0 N–H and O–H groups in total. The van der Waals surface area contributed by atoms with Crippen LogP contribution in [-0.2, 0) is 11.3 Å². The number of carbonyl (C=O) groups is 1. The minimum absolute atomic E-state index is 0.175. The van der Waals surface area contributed by atoms with Gasteiger partial charge in [-0.1, -0.05) is 19.1 Å². The van der Waals surface area contributed by atoms with Gasteiger partial charge < -0.3 is 9.64 Å². The Kier molecular flexibility index (Phi) is 6.46. The molecule has 0 heterocycles. The molecule has 1 aromatic rings. The fourth-order valence-electron chi connectivity index (χ4n) is 3.28. The first-order valence-electron chi connectivity index (χ1n) is 8.56. The van der Waals surface area contributed by atoms with Crippen molar-refractivity contribution < 1.29 is 9.53 Å². The zero-order valence-corrected chi connectivity index (χ0v) is 14.9. The molecule has 0 unspecified atom stereocenters. The number of rotatable bonds is 6. The lowest BCUT2D eigenvalue weighted by atomic mass is 9.87. The summed E-state index contributed by atoms with van der Waals surface area (Å²) in [6.45, 7) is 3.44. The smallest absolute Gasteiger partial charge is 0.236 e. The summed E-state index contributed by atoms with van der Waals surface area (Å²) in [5.74, 6) is 1.84. The van der Waals surface area contributed by atoms with Crippen molar-refractivity contribution in [3.05, 3.63) is 29.8 Å². The Bertz CT molecular complexity index is 510. The molecular formula is C19H30N2O2. The summed E-state index contributed by atoms with van der Waals surface area (Å²) >= 11 is 0. The molecule has 1 fully saturated rings. The van der Waals surface area contributed by atoms with Gasteiger partial charge in [-0.15, -0.1) is 0 Å². The lowest BCUT2D eigenvalue weighted by Crippen LogP contribution is -2.42. The van der Waals surface area contributed by atoms with Crippen LogP contribution in [0.1, 0.15) is 38.2 Å². The summed E-state index contributed by atoms with van der Waals surface area (Å²) in [6, 6.07) is 8.44. The van der Waals surface area contributed by atoms with Crippen LogP contribution in [0.2, 0.25) is 0 Å². The van der Waals surface area contributed by atoms with E-state index in [0.717, 1.165) is 17.2 Å². The highest BCUT2D eigenvalue weighted by Gasteiger charge is 2.23. The first-order valence-corrected chi connectivity index (χ1v) is 8.56. The third kappa shape index (κ3) is 5.24. The van der Waals surface area contributed by atoms with E-state index in [-0.39, 0.29) is 5.91 Å². The monoisotopic (exact) mass is 318 g/mol. The van der Waals surface area contributed by atoms with Crippen molar-refractivity contribution in [1.29, 1.82) is 0 Å². The van der Waals surface area contributed by atoms with Crippen molar-refractivity contribution in [1.82, 2.24) is 9.80 Å². The first-order chi connectivity index (χ1) is 11.0. The van der Waals surface area contributed by atoms with Gasteiger partial charge in [0.15, 0.2) is 0 Å². The highest BCUT2D eigenvalue weighted by atomic mass is 16.5. The average molecular weight is 318 g/mol. The average Bonchev–Trinajstić information content (AvgIpc) is 2.55. The predicted octanol–water partition coefficient (Wildman–Crippen LogP) is 3.16. The summed E-state index contributed by atoms with van der Waals surface area (Å²) in [5.41, 5.74) is 1.09. The number of benzene rings is 1. The molecule has 1 aliphatic carbocycles. The highest BCUT2D eigenvalue weighted by molar-refractivity contribution is 5.78. The van der Waals surface area contributed by atoms with Crippen LogP contribution in [0, 0.1) is 5.92 Å². The molecule has 4 heteroatoms. The van der Waals surface area contributed by atoms with Crippen molar-refractivity contribution in [3.8, 4) is 5.75 Å². The standard InChI is InChI=1S/C19H30N2O2/c1-15-8-10-17(11-9-15)20(2)14-19(22)21(3)13-16-6-5-7-18(12-16)23-4/h5-7,12,15,17H,8-11,13-14H2,1-4H3. The van der Waals surface area contributed by atoms with Crippen LogP contribution in [0.25, 0.3) is 0 Å². The van der Waals surface area contributed by atoms with Crippen LogP contribution in [0.15, 0.2) is 24.3 Å². The van der Waals surface area contributed by atoms with E-state index in [2.05, 4.69) is 18.9 Å². The van der Waals surface area contributed by atoms with Gasteiger partial charge in [0.2, 0.25) is 5.91 Å². The van der Waals surface area contributed by atoms with Gasteiger partial charge in [0.1, 0.15) is 5.75 Å². The van der Waals surface area contributed by atoms with Crippen LogP contribution in [-0.4, -0.2) is 49.5 Å². The van der Waals surface area contributed by atoms with Crippen molar-refractivity contribution in [2.24, 2.45) is 5.92 Å². The third-order valence-corrected chi connectivity index (χ3v) is 4.97. The summed E-state index contributed by atoms with van der Waals surface area (Å²) in [6.07, 6.45) is 4.99. The van der Waals surface area contributed by atoms with Crippen molar-refractivity contribution in [2.75, 3.05) is 27.7 Å². The van der Waals surface area contributed by atoms with Gasteiger partial charge in [-0.25, -0.2) is 0 Å². The molecule has 23 heavy (non-hydrogen) atoms. The molecule has 0 radical (unpaired) electrons. The second-order valence-corrected chi connectivity index (χ2v) is 6.93. The Balaban J connectivity index is 1.84. The van der Waals surface area contributed by atoms with Crippen molar-refractivity contribution in [2.45, 2.75) is 45.2 Å². The van der Waals surface area contributed by atoms with E-state index >= 15 is 0 Å². The Labute approximate surface area is 140 Å². The van der Waals surface area contributed by atoms with Crippen molar-refractivity contribution >= 4 is 5.91 Å². The molecule has 1 amide bonds. The minimum atomic E-state index is 0.175. The SMILES string of the molecule is COc1cccc(CN(C)C(=O)CN(C)C2CCC(C)CC2)c1. The zero-order chi connectivity index (χ0) is 16.8. The van der Waals surface area contributed by atoms with Crippen LogP contribution in [0.4, 0.5) is 0 Å². The molecule has 0 bridgehead atoms. The third-order valence-electron chi connectivity index (χ3n) is 4.97. The molecule has 0 aliphatic heterocycles. The number of nitrogens with zero attached hydrogens (tertiary/aromatic N) is 2. The fraction of sp³-hybridized carbons (Fsp3) is 0.632. The van der Waals surface area contributed by atoms with E-state index in [0.29, 0.717) is 19.1 Å². The molecule has 0 aromatic heterocycles. The first kappa shape index (κ1) is 17.8. The quantitative estimate of drug-likeness (QED) is 0.808. The van der Waals surface area contributed by atoms with Crippen LogP contribution in [0.3, 0.4) is 0 Å². The molecular weight excluding hydrogens is 288 g/mol. The van der Waals surface area contributed by atoms with Gasteiger partial charge in [0, 0.05) is 19.6 Å². The molecule has 0 spiro atoms. The van der Waals surface area contributed by atoms with Gasteiger partial charge in [0.25, 0.3) is 0 Å². The molecule has 4 nitrogen and oxygen atoms in total. The number of likely N-dealkylation sites (N-methyl/N-ethyl adjacent to an activating group) is 2. The number of ether oxygens (including phenoxy) is 1. The molecule has 0 atom stereocenters. The Morgan fingerprint density at radius 2 is 1.91 bits per heavy atom. The van der Waals surface area contributed by atoms with E-state index in [1.807, 2.05) is 31.3 Å². The van der Waals surface area contributed by atoms with E-state index in [4.69, 9.17) is 4.74 Å². The molecule has 1 aliphatic rings. The van der Waals surface area contributed by atoms with Gasteiger partial charge in [-0.3, -0.25) is 9.69 Å². The second kappa shape index (κ2) is 8.34. The largest absolute Gasteiger partial charge is 0.497 e. The Morgan fingerprint density at radius 3 is 2.57 bits per heavy atom. The summed E-state index contributed by atoms with van der Waals surface area (Å²) in [4.78, 5) is 16.5. The van der Waals surface area contributed by atoms with E-state index < -0.39 is 0 Å².